The van der Waals surface area contributed by atoms with Gasteiger partial charge in [0.05, 0.1) is 12.0 Å². The fourth-order valence-electron chi connectivity index (χ4n) is 6.16. The smallest absolute Gasteiger partial charge is 0.128 e. The molecule has 4 aliphatic rings. The summed E-state index contributed by atoms with van der Waals surface area (Å²) in [5, 5.41) is 11.8. The van der Waals surface area contributed by atoms with Crippen molar-refractivity contribution in [1.29, 1.82) is 0 Å². The molecule has 0 N–H and O–H groups in total. The highest BCUT2D eigenvalue weighted by Crippen LogP contribution is 2.59. The molecular formula is C25H21FNO2-. The SMILES string of the molecule is O=C([O-])c1cc2c3c(c1)[C@H]1C=CC[C@@H]1[C@@H](c1ccccc1F)N3C[C@H]1CC=C[C@H]21. The van der Waals surface area contributed by atoms with E-state index in [1.165, 1.54) is 0 Å². The predicted molar refractivity (Wildman–Crippen MR) is 107 cm³/mol. The van der Waals surface area contributed by atoms with E-state index >= 15 is 0 Å². The molecule has 5 atom stereocenters. The molecule has 2 aromatic carbocycles. The van der Waals surface area contributed by atoms with Crippen LogP contribution in [0.3, 0.4) is 0 Å². The highest BCUT2D eigenvalue weighted by Gasteiger charge is 2.48. The van der Waals surface area contributed by atoms with Crippen molar-refractivity contribution in [2.45, 2.75) is 30.7 Å². The monoisotopic (exact) mass is 386 g/mol. The van der Waals surface area contributed by atoms with Crippen molar-refractivity contribution in [3.8, 4) is 0 Å². The molecule has 2 aromatic rings. The van der Waals surface area contributed by atoms with Crippen molar-refractivity contribution in [3.63, 3.8) is 0 Å². The molecule has 0 spiro atoms. The Balaban J connectivity index is 1.62. The standard InChI is InChI=1S/C25H22FNO2/c26-22-10-2-1-6-19(22)23-18-9-4-8-17(18)21-12-15(25(28)29)11-20-16-7-3-5-14(16)13-27(23)24(20)21/h1-4,6-8,10-12,14,16-18,23H,5,9,13H2,(H,28,29)/p-1/t14-,16+,17+,18+,23+/m1/s1. The molecule has 3 nitrogen and oxygen atoms in total. The molecule has 0 aromatic heterocycles. The van der Waals surface area contributed by atoms with Crippen molar-refractivity contribution in [3.05, 3.63) is 88.8 Å². The van der Waals surface area contributed by atoms with Gasteiger partial charge in [-0.3, -0.25) is 0 Å². The van der Waals surface area contributed by atoms with Gasteiger partial charge in [-0.1, -0.05) is 42.5 Å². The minimum Gasteiger partial charge on any atom is -0.545 e. The zero-order valence-electron chi connectivity index (χ0n) is 15.9. The Kier molecular flexibility index (Phi) is 3.55. The summed E-state index contributed by atoms with van der Waals surface area (Å²) in [5.74, 6) is -0.364. The number of nitrogens with zero attached hydrogens (tertiary/aromatic N) is 1. The second-order valence-corrected chi connectivity index (χ2v) is 8.71. The number of carboxylic acid groups (broad SMARTS) is 1. The van der Waals surface area contributed by atoms with Crippen LogP contribution in [0, 0.1) is 17.7 Å². The summed E-state index contributed by atoms with van der Waals surface area (Å²) in [6, 6.07) is 10.7. The summed E-state index contributed by atoms with van der Waals surface area (Å²) in [6.07, 6.45) is 10.6. The Labute approximate surface area is 169 Å². The average Bonchev–Trinajstić information content (AvgIpc) is 3.38. The summed E-state index contributed by atoms with van der Waals surface area (Å²) >= 11 is 0. The molecule has 0 saturated carbocycles. The first-order valence-electron chi connectivity index (χ1n) is 10.4. The maximum atomic E-state index is 14.9. The van der Waals surface area contributed by atoms with Crippen LogP contribution in [0.1, 0.15) is 57.8 Å². The summed E-state index contributed by atoms with van der Waals surface area (Å²) in [5.41, 5.74) is 4.24. The second kappa shape index (κ2) is 6.06. The Bertz CT molecular complexity index is 1070. The van der Waals surface area contributed by atoms with E-state index in [9.17, 15) is 14.3 Å². The lowest BCUT2D eigenvalue weighted by Gasteiger charge is -2.51. The van der Waals surface area contributed by atoms with Crippen LogP contribution < -0.4 is 10.0 Å². The van der Waals surface area contributed by atoms with Crippen LogP contribution in [0.5, 0.6) is 0 Å². The highest BCUT2D eigenvalue weighted by atomic mass is 19.1. The van der Waals surface area contributed by atoms with E-state index in [1.807, 2.05) is 12.1 Å². The number of rotatable bonds is 2. The van der Waals surface area contributed by atoms with Gasteiger partial charge in [-0.05, 0) is 59.6 Å². The summed E-state index contributed by atoms with van der Waals surface area (Å²) < 4.78 is 14.9. The van der Waals surface area contributed by atoms with Gasteiger partial charge in [0, 0.05) is 29.6 Å². The molecular weight excluding hydrogens is 365 g/mol. The van der Waals surface area contributed by atoms with Crippen LogP contribution in [0.25, 0.3) is 0 Å². The van der Waals surface area contributed by atoms with Crippen LogP contribution in [0.4, 0.5) is 10.1 Å². The van der Waals surface area contributed by atoms with Gasteiger partial charge in [0.1, 0.15) is 5.82 Å². The van der Waals surface area contributed by atoms with Gasteiger partial charge in [-0.25, -0.2) is 4.39 Å². The number of allylic oxidation sites excluding steroid dienone is 4. The predicted octanol–water partition coefficient (Wildman–Crippen LogP) is 4.08. The second-order valence-electron chi connectivity index (χ2n) is 8.71. The van der Waals surface area contributed by atoms with E-state index < -0.39 is 5.97 Å². The third-order valence-electron chi connectivity index (χ3n) is 7.31. The Hall–Kier alpha value is -2.88. The number of fused-ring (bicyclic) bond motifs is 4. The zero-order chi connectivity index (χ0) is 19.7. The minimum atomic E-state index is -1.13. The number of halogens is 1. The fraction of sp³-hybridized carbons (Fsp3) is 0.320. The largest absolute Gasteiger partial charge is 0.545 e. The molecule has 0 unspecified atom stereocenters. The third-order valence-corrected chi connectivity index (χ3v) is 7.31. The minimum absolute atomic E-state index is 0.0437. The number of benzene rings is 2. The number of aromatic carboxylic acids is 1. The summed E-state index contributed by atoms with van der Waals surface area (Å²) in [6.45, 7) is 0.866. The van der Waals surface area contributed by atoms with Crippen molar-refractivity contribution < 1.29 is 14.3 Å². The van der Waals surface area contributed by atoms with E-state index in [-0.39, 0.29) is 35.2 Å². The summed E-state index contributed by atoms with van der Waals surface area (Å²) in [7, 11) is 0. The molecule has 0 fully saturated rings. The van der Waals surface area contributed by atoms with Crippen LogP contribution in [-0.2, 0) is 0 Å². The maximum absolute atomic E-state index is 14.9. The molecule has 0 bridgehead atoms. The Morgan fingerprint density at radius 1 is 1.00 bits per heavy atom. The van der Waals surface area contributed by atoms with Gasteiger partial charge in [-0.2, -0.15) is 0 Å². The molecule has 0 saturated heterocycles. The van der Waals surface area contributed by atoms with E-state index in [0.717, 1.165) is 41.8 Å². The molecule has 146 valence electrons. The molecule has 4 heteroatoms. The van der Waals surface area contributed by atoms with Gasteiger partial charge in [0.15, 0.2) is 0 Å². The number of carbonyl (C=O) groups excluding carboxylic acids is 1. The quantitative estimate of drug-likeness (QED) is 0.731. The van der Waals surface area contributed by atoms with Crippen LogP contribution in [0.2, 0.25) is 0 Å². The molecule has 6 rings (SSSR count). The molecule has 29 heavy (non-hydrogen) atoms. The van der Waals surface area contributed by atoms with E-state index in [4.69, 9.17) is 0 Å². The lowest BCUT2D eigenvalue weighted by Crippen LogP contribution is -2.46. The van der Waals surface area contributed by atoms with Gasteiger partial charge in [0.25, 0.3) is 0 Å². The van der Waals surface area contributed by atoms with E-state index in [1.54, 1.807) is 24.3 Å². The van der Waals surface area contributed by atoms with Gasteiger partial charge in [0.2, 0.25) is 0 Å². The molecule has 0 amide bonds. The Morgan fingerprint density at radius 2 is 1.72 bits per heavy atom. The average molecular weight is 386 g/mol. The number of carbonyl (C=O) groups is 1. The van der Waals surface area contributed by atoms with Crippen molar-refractivity contribution in [1.82, 2.24) is 0 Å². The van der Waals surface area contributed by atoms with Crippen molar-refractivity contribution in [2.75, 3.05) is 11.4 Å². The fourth-order valence-corrected chi connectivity index (χ4v) is 6.16. The number of hydrogen-bond donors (Lipinski definition) is 0. The topological polar surface area (TPSA) is 43.4 Å². The van der Waals surface area contributed by atoms with Gasteiger partial charge >= 0.3 is 0 Å². The lowest BCUT2D eigenvalue weighted by molar-refractivity contribution is -0.255. The van der Waals surface area contributed by atoms with Gasteiger partial charge < -0.3 is 14.8 Å². The third kappa shape index (κ3) is 2.32. The van der Waals surface area contributed by atoms with Crippen LogP contribution in [0.15, 0.2) is 60.7 Å². The molecule has 0 radical (unpaired) electrons. The van der Waals surface area contributed by atoms with Crippen LogP contribution in [-0.4, -0.2) is 12.5 Å². The first-order chi connectivity index (χ1) is 14.1. The molecule has 2 heterocycles. The van der Waals surface area contributed by atoms with E-state index in [2.05, 4.69) is 29.2 Å². The normalized spacial score (nSPS) is 30.8. The van der Waals surface area contributed by atoms with Crippen molar-refractivity contribution in [2.24, 2.45) is 11.8 Å². The highest BCUT2D eigenvalue weighted by molar-refractivity contribution is 5.89. The van der Waals surface area contributed by atoms with Crippen molar-refractivity contribution >= 4 is 11.7 Å². The lowest BCUT2D eigenvalue weighted by atomic mass is 9.70. The van der Waals surface area contributed by atoms with Gasteiger partial charge in [-0.15, -0.1) is 0 Å². The number of hydrogen-bond acceptors (Lipinski definition) is 3. The first kappa shape index (κ1) is 17.0. The van der Waals surface area contributed by atoms with Crippen LogP contribution >= 0.6 is 0 Å². The maximum Gasteiger partial charge on any atom is 0.128 e. The Morgan fingerprint density at radius 3 is 2.52 bits per heavy atom. The number of carboxylic acids is 1. The zero-order valence-corrected chi connectivity index (χ0v) is 15.9. The van der Waals surface area contributed by atoms with E-state index in [0.29, 0.717) is 5.92 Å². The summed E-state index contributed by atoms with van der Waals surface area (Å²) in [4.78, 5) is 14.1. The number of anilines is 1. The first-order valence-corrected chi connectivity index (χ1v) is 10.4. The molecule has 2 aliphatic carbocycles. The molecule has 2 aliphatic heterocycles.